The van der Waals surface area contributed by atoms with Gasteiger partial charge in [-0.3, -0.25) is 4.68 Å². The van der Waals surface area contributed by atoms with E-state index in [1.54, 1.807) is 16.8 Å². The first kappa shape index (κ1) is 12.6. The summed E-state index contributed by atoms with van der Waals surface area (Å²) in [5, 5.41) is 8.36. The molecule has 100 valence electrons. The topological polar surface area (TPSA) is 29.9 Å². The van der Waals surface area contributed by atoms with Gasteiger partial charge in [0.25, 0.3) is 0 Å². The Bertz CT molecular complexity index is 578. The zero-order valence-corrected chi connectivity index (χ0v) is 11.2. The maximum atomic E-state index is 13.6. The van der Waals surface area contributed by atoms with E-state index < -0.39 is 0 Å². The Morgan fingerprint density at radius 3 is 3.00 bits per heavy atom. The van der Waals surface area contributed by atoms with Crippen molar-refractivity contribution >= 4 is 11.6 Å². The highest BCUT2D eigenvalue weighted by atomic mass is 35.5. The number of hydrogen-bond acceptors (Lipinski definition) is 2. The quantitative estimate of drug-likeness (QED) is 0.912. The molecule has 1 saturated carbocycles. The van der Waals surface area contributed by atoms with Crippen LogP contribution in [0.1, 0.15) is 24.1 Å². The minimum Gasteiger partial charge on any atom is -0.308 e. The van der Waals surface area contributed by atoms with Crippen molar-refractivity contribution in [3.63, 3.8) is 0 Å². The van der Waals surface area contributed by atoms with Crippen molar-refractivity contribution in [3.05, 3.63) is 52.6 Å². The number of aromatic nitrogens is 2. The molecule has 1 aliphatic carbocycles. The lowest BCUT2D eigenvalue weighted by Crippen LogP contribution is -2.16. The summed E-state index contributed by atoms with van der Waals surface area (Å²) in [6, 6.07) is 7.19. The van der Waals surface area contributed by atoms with Gasteiger partial charge in [0.2, 0.25) is 0 Å². The average Bonchev–Trinajstić information content (AvgIpc) is 3.12. The van der Waals surface area contributed by atoms with Crippen LogP contribution in [0.4, 0.5) is 4.39 Å². The van der Waals surface area contributed by atoms with Gasteiger partial charge >= 0.3 is 0 Å². The van der Waals surface area contributed by atoms with Crippen molar-refractivity contribution < 1.29 is 4.39 Å². The highest BCUT2D eigenvalue weighted by Crippen LogP contribution is 2.19. The van der Waals surface area contributed by atoms with Crippen molar-refractivity contribution in [1.82, 2.24) is 15.1 Å². The smallest absolute Gasteiger partial charge is 0.128 e. The lowest BCUT2D eigenvalue weighted by atomic mass is 10.2. The highest BCUT2D eigenvalue weighted by molar-refractivity contribution is 6.30. The second kappa shape index (κ2) is 5.31. The third kappa shape index (κ3) is 3.33. The molecule has 3 rings (SSSR count). The van der Waals surface area contributed by atoms with Gasteiger partial charge in [-0.25, -0.2) is 4.39 Å². The van der Waals surface area contributed by atoms with Crippen LogP contribution in [0, 0.1) is 5.82 Å². The largest absolute Gasteiger partial charge is 0.308 e. The maximum Gasteiger partial charge on any atom is 0.128 e. The summed E-state index contributed by atoms with van der Waals surface area (Å²) >= 11 is 5.87. The SMILES string of the molecule is Fc1ccc(Cl)cc1Cn1ccc(CNC2CC2)n1. The Morgan fingerprint density at radius 2 is 2.21 bits per heavy atom. The van der Waals surface area contributed by atoms with E-state index in [1.165, 1.54) is 18.9 Å². The summed E-state index contributed by atoms with van der Waals surface area (Å²) in [4.78, 5) is 0. The summed E-state index contributed by atoms with van der Waals surface area (Å²) in [5.41, 5.74) is 1.53. The van der Waals surface area contributed by atoms with Gasteiger partial charge < -0.3 is 5.32 Å². The molecule has 1 aliphatic rings. The fraction of sp³-hybridized carbons (Fsp3) is 0.357. The summed E-state index contributed by atoms with van der Waals surface area (Å²) < 4.78 is 15.3. The molecule has 1 aromatic heterocycles. The van der Waals surface area contributed by atoms with Crippen molar-refractivity contribution in [2.45, 2.75) is 32.0 Å². The summed E-state index contributed by atoms with van der Waals surface area (Å²) in [7, 11) is 0. The molecule has 1 heterocycles. The molecule has 0 bridgehead atoms. The minimum atomic E-state index is -0.252. The van der Waals surface area contributed by atoms with Gasteiger partial charge in [-0.15, -0.1) is 0 Å². The average molecular weight is 280 g/mol. The number of nitrogens with one attached hydrogen (secondary N) is 1. The monoisotopic (exact) mass is 279 g/mol. The number of rotatable bonds is 5. The first-order chi connectivity index (χ1) is 9.20. The predicted molar refractivity (Wildman–Crippen MR) is 72.6 cm³/mol. The van der Waals surface area contributed by atoms with Gasteiger partial charge in [0.15, 0.2) is 0 Å². The molecule has 1 fully saturated rings. The second-order valence-corrected chi connectivity index (χ2v) is 5.33. The van der Waals surface area contributed by atoms with Gasteiger partial charge in [-0.05, 0) is 37.1 Å². The van der Waals surface area contributed by atoms with Crippen LogP contribution in [0.15, 0.2) is 30.5 Å². The number of nitrogens with zero attached hydrogens (tertiary/aromatic N) is 2. The Kier molecular flexibility index (Phi) is 3.53. The molecule has 0 aliphatic heterocycles. The first-order valence-corrected chi connectivity index (χ1v) is 6.78. The highest BCUT2D eigenvalue weighted by Gasteiger charge is 2.20. The fourth-order valence-electron chi connectivity index (χ4n) is 1.96. The Labute approximate surface area is 116 Å². The van der Waals surface area contributed by atoms with E-state index in [0.717, 1.165) is 12.2 Å². The van der Waals surface area contributed by atoms with Crippen molar-refractivity contribution in [3.8, 4) is 0 Å². The van der Waals surface area contributed by atoms with Gasteiger partial charge in [0.05, 0.1) is 12.2 Å². The van der Waals surface area contributed by atoms with E-state index in [-0.39, 0.29) is 5.82 Å². The molecule has 1 N–H and O–H groups in total. The molecule has 19 heavy (non-hydrogen) atoms. The Balaban J connectivity index is 1.66. The number of benzene rings is 1. The first-order valence-electron chi connectivity index (χ1n) is 6.40. The lowest BCUT2D eigenvalue weighted by Gasteiger charge is -2.04. The summed E-state index contributed by atoms with van der Waals surface area (Å²) in [5.74, 6) is -0.252. The van der Waals surface area contributed by atoms with E-state index in [9.17, 15) is 4.39 Å². The summed E-state index contributed by atoms with van der Waals surface area (Å²) in [6.45, 7) is 1.17. The zero-order valence-electron chi connectivity index (χ0n) is 10.4. The molecule has 0 radical (unpaired) electrons. The third-order valence-corrected chi connectivity index (χ3v) is 3.42. The minimum absolute atomic E-state index is 0.252. The third-order valence-electron chi connectivity index (χ3n) is 3.19. The van der Waals surface area contributed by atoms with Gasteiger partial charge in [0, 0.05) is 29.4 Å². The van der Waals surface area contributed by atoms with Crippen LogP contribution in [0.3, 0.4) is 0 Å². The predicted octanol–water partition coefficient (Wildman–Crippen LogP) is 2.98. The van der Waals surface area contributed by atoms with E-state index in [0.29, 0.717) is 23.2 Å². The molecule has 0 saturated heterocycles. The molecule has 0 spiro atoms. The molecule has 1 aromatic carbocycles. The Morgan fingerprint density at radius 1 is 1.37 bits per heavy atom. The van der Waals surface area contributed by atoms with Gasteiger partial charge in [-0.1, -0.05) is 11.6 Å². The van der Waals surface area contributed by atoms with Gasteiger partial charge in [-0.2, -0.15) is 5.10 Å². The summed E-state index contributed by atoms with van der Waals surface area (Å²) in [6.07, 6.45) is 4.38. The van der Waals surface area contributed by atoms with Crippen molar-refractivity contribution in [2.24, 2.45) is 0 Å². The van der Waals surface area contributed by atoms with Crippen LogP contribution in [0.25, 0.3) is 0 Å². The number of hydrogen-bond donors (Lipinski definition) is 1. The van der Waals surface area contributed by atoms with Crippen LogP contribution in [-0.4, -0.2) is 15.8 Å². The molecule has 0 unspecified atom stereocenters. The molecule has 0 atom stereocenters. The van der Waals surface area contributed by atoms with Crippen LogP contribution >= 0.6 is 11.6 Å². The second-order valence-electron chi connectivity index (χ2n) is 4.90. The van der Waals surface area contributed by atoms with Crippen LogP contribution < -0.4 is 5.32 Å². The van der Waals surface area contributed by atoms with Crippen LogP contribution in [-0.2, 0) is 13.1 Å². The molecule has 0 amide bonds. The van der Waals surface area contributed by atoms with Crippen LogP contribution in [0.2, 0.25) is 5.02 Å². The standard InChI is InChI=1S/C14H15ClFN3/c15-11-1-4-14(16)10(7-11)9-19-6-5-13(18-19)8-17-12-2-3-12/h1,4-7,12,17H,2-3,8-9H2. The normalized spacial score (nSPS) is 14.8. The van der Waals surface area contributed by atoms with E-state index in [1.807, 2.05) is 12.3 Å². The molecule has 3 nitrogen and oxygen atoms in total. The van der Waals surface area contributed by atoms with E-state index in [4.69, 9.17) is 11.6 Å². The van der Waals surface area contributed by atoms with Gasteiger partial charge in [0.1, 0.15) is 5.82 Å². The molecule has 2 aromatic rings. The van der Waals surface area contributed by atoms with Crippen molar-refractivity contribution in [1.29, 1.82) is 0 Å². The zero-order chi connectivity index (χ0) is 13.2. The molecular formula is C14H15ClFN3. The molecule has 5 heteroatoms. The maximum absolute atomic E-state index is 13.6. The van der Waals surface area contributed by atoms with Crippen molar-refractivity contribution in [2.75, 3.05) is 0 Å². The Hall–Kier alpha value is -1.39. The lowest BCUT2D eigenvalue weighted by molar-refractivity contribution is 0.578. The van der Waals surface area contributed by atoms with Crippen LogP contribution in [0.5, 0.6) is 0 Å². The number of halogens is 2. The van der Waals surface area contributed by atoms with E-state index in [2.05, 4.69) is 10.4 Å². The van der Waals surface area contributed by atoms with E-state index >= 15 is 0 Å². The fourth-order valence-corrected chi connectivity index (χ4v) is 2.16. The molecular weight excluding hydrogens is 265 g/mol.